The lowest BCUT2D eigenvalue weighted by Gasteiger charge is -2.09. The lowest BCUT2D eigenvalue weighted by atomic mass is 10.2. The van der Waals surface area contributed by atoms with Crippen molar-refractivity contribution in [1.82, 2.24) is 20.1 Å². The summed E-state index contributed by atoms with van der Waals surface area (Å²) in [6.07, 6.45) is 0.454. The second kappa shape index (κ2) is 11.3. The summed E-state index contributed by atoms with van der Waals surface area (Å²) < 4.78 is 15.5. The van der Waals surface area contributed by atoms with Crippen LogP contribution in [-0.4, -0.2) is 38.9 Å². The molecule has 2 aromatic carbocycles. The smallest absolute Gasteiger partial charge is 0.251 e. The van der Waals surface area contributed by atoms with Gasteiger partial charge in [0.05, 0.1) is 21.5 Å². The van der Waals surface area contributed by atoms with Gasteiger partial charge in [0.25, 0.3) is 5.91 Å². The maximum atomic E-state index is 13.7. The van der Waals surface area contributed by atoms with Crippen molar-refractivity contribution in [2.24, 2.45) is 0 Å². The number of thioether (sulfide) groups is 1. The Labute approximate surface area is 198 Å². The van der Waals surface area contributed by atoms with E-state index in [2.05, 4.69) is 20.8 Å². The van der Waals surface area contributed by atoms with Gasteiger partial charge < -0.3 is 15.2 Å². The molecule has 0 saturated heterocycles. The van der Waals surface area contributed by atoms with Crippen LogP contribution in [0.3, 0.4) is 0 Å². The molecule has 0 radical (unpaired) electrons. The molecule has 3 aromatic rings. The minimum absolute atomic E-state index is 0.0561. The van der Waals surface area contributed by atoms with Crippen LogP contribution in [0, 0.1) is 5.82 Å². The number of halogens is 3. The second-order valence-electron chi connectivity index (χ2n) is 6.59. The minimum Gasteiger partial charge on any atom is -0.352 e. The third kappa shape index (κ3) is 6.21. The van der Waals surface area contributed by atoms with Crippen LogP contribution in [-0.2, 0) is 17.8 Å². The summed E-state index contributed by atoms with van der Waals surface area (Å²) in [6, 6.07) is 10.6. The highest BCUT2D eigenvalue weighted by Gasteiger charge is 2.15. The van der Waals surface area contributed by atoms with Crippen LogP contribution in [0.4, 0.5) is 10.1 Å². The van der Waals surface area contributed by atoms with E-state index in [4.69, 9.17) is 23.2 Å². The number of rotatable bonds is 9. The summed E-state index contributed by atoms with van der Waals surface area (Å²) in [4.78, 5) is 24.4. The summed E-state index contributed by atoms with van der Waals surface area (Å²) >= 11 is 13.0. The molecule has 3 rings (SSSR count). The maximum absolute atomic E-state index is 13.7. The number of benzene rings is 2. The zero-order valence-corrected chi connectivity index (χ0v) is 19.4. The van der Waals surface area contributed by atoms with E-state index in [1.165, 1.54) is 30.0 Å². The third-order valence-corrected chi connectivity index (χ3v) is 6.11. The number of nitrogens with zero attached hydrogens (tertiary/aromatic N) is 3. The van der Waals surface area contributed by atoms with Crippen LogP contribution < -0.4 is 10.6 Å². The Morgan fingerprint density at radius 3 is 2.62 bits per heavy atom. The van der Waals surface area contributed by atoms with Crippen molar-refractivity contribution >= 4 is 52.5 Å². The highest BCUT2D eigenvalue weighted by atomic mass is 35.5. The molecule has 0 saturated carbocycles. The van der Waals surface area contributed by atoms with E-state index in [1.54, 1.807) is 24.3 Å². The van der Waals surface area contributed by atoms with Gasteiger partial charge in [-0.2, -0.15) is 0 Å². The first-order chi connectivity index (χ1) is 15.4. The first kappa shape index (κ1) is 24.0. The summed E-state index contributed by atoms with van der Waals surface area (Å²) in [5.74, 6) is -0.376. The topological polar surface area (TPSA) is 88.9 Å². The van der Waals surface area contributed by atoms with Crippen molar-refractivity contribution < 1.29 is 14.0 Å². The summed E-state index contributed by atoms with van der Waals surface area (Å²) in [7, 11) is 0. The van der Waals surface area contributed by atoms with E-state index >= 15 is 0 Å². The highest BCUT2D eigenvalue weighted by molar-refractivity contribution is 7.99. The average Bonchev–Trinajstić information content (AvgIpc) is 3.17. The first-order valence-corrected chi connectivity index (χ1v) is 11.5. The lowest BCUT2D eigenvalue weighted by Crippen LogP contribution is -2.26. The predicted molar refractivity (Wildman–Crippen MR) is 124 cm³/mol. The SMILES string of the molecule is CCn1c(CCNC(=O)c2ccc(Cl)c(Cl)c2)nnc1SCC(=O)Nc1ccccc1F. The fraction of sp³-hybridized carbons (Fsp3) is 0.238. The number of amides is 2. The van der Waals surface area contributed by atoms with Crippen molar-refractivity contribution in [2.75, 3.05) is 17.6 Å². The van der Waals surface area contributed by atoms with E-state index in [0.29, 0.717) is 46.1 Å². The van der Waals surface area contributed by atoms with E-state index in [1.807, 2.05) is 11.5 Å². The maximum Gasteiger partial charge on any atom is 0.251 e. The molecule has 0 aliphatic heterocycles. The molecule has 0 fully saturated rings. The van der Waals surface area contributed by atoms with Gasteiger partial charge in [-0.3, -0.25) is 9.59 Å². The highest BCUT2D eigenvalue weighted by Crippen LogP contribution is 2.22. The number of hydrogen-bond donors (Lipinski definition) is 2. The molecule has 0 aliphatic rings. The quantitative estimate of drug-likeness (QED) is 0.428. The molecular weight excluding hydrogens is 476 g/mol. The normalized spacial score (nSPS) is 10.8. The second-order valence-corrected chi connectivity index (χ2v) is 8.35. The van der Waals surface area contributed by atoms with Gasteiger partial charge in [0.15, 0.2) is 5.16 Å². The Balaban J connectivity index is 1.52. The molecule has 0 aliphatic carbocycles. The van der Waals surface area contributed by atoms with Crippen molar-refractivity contribution in [3.05, 3.63) is 69.7 Å². The Morgan fingerprint density at radius 1 is 1.12 bits per heavy atom. The summed E-state index contributed by atoms with van der Waals surface area (Å²) in [5, 5.41) is 14.9. The van der Waals surface area contributed by atoms with Crippen LogP contribution in [0.1, 0.15) is 23.1 Å². The van der Waals surface area contributed by atoms with Crippen molar-refractivity contribution in [3.63, 3.8) is 0 Å². The Morgan fingerprint density at radius 2 is 1.91 bits per heavy atom. The molecule has 32 heavy (non-hydrogen) atoms. The summed E-state index contributed by atoms with van der Waals surface area (Å²) in [5.41, 5.74) is 0.543. The molecule has 11 heteroatoms. The third-order valence-electron chi connectivity index (χ3n) is 4.41. The first-order valence-electron chi connectivity index (χ1n) is 9.71. The largest absolute Gasteiger partial charge is 0.352 e. The Hall–Kier alpha value is -2.62. The molecule has 0 spiro atoms. The molecule has 0 unspecified atom stereocenters. The van der Waals surface area contributed by atoms with Crippen molar-refractivity contribution in [2.45, 2.75) is 25.0 Å². The predicted octanol–water partition coefficient (Wildman–Crippen LogP) is 4.45. The van der Waals surface area contributed by atoms with Gasteiger partial charge in [0.2, 0.25) is 5.91 Å². The average molecular weight is 496 g/mol. The Bertz CT molecular complexity index is 1130. The summed E-state index contributed by atoms with van der Waals surface area (Å²) in [6.45, 7) is 2.88. The number of para-hydroxylation sites is 1. The number of hydrogen-bond acceptors (Lipinski definition) is 5. The van der Waals surface area contributed by atoms with E-state index in [9.17, 15) is 14.0 Å². The fourth-order valence-corrected chi connectivity index (χ4v) is 3.95. The molecule has 1 aromatic heterocycles. The number of carbonyl (C=O) groups excluding carboxylic acids is 2. The zero-order chi connectivity index (χ0) is 23.1. The molecule has 2 amide bonds. The Kier molecular flexibility index (Phi) is 8.49. The van der Waals surface area contributed by atoms with Gasteiger partial charge in [-0.25, -0.2) is 4.39 Å². The molecule has 0 bridgehead atoms. The molecule has 2 N–H and O–H groups in total. The van der Waals surface area contributed by atoms with Crippen LogP contribution in [0.5, 0.6) is 0 Å². The molecule has 7 nitrogen and oxygen atoms in total. The lowest BCUT2D eigenvalue weighted by molar-refractivity contribution is -0.113. The van der Waals surface area contributed by atoms with Crippen molar-refractivity contribution in [1.29, 1.82) is 0 Å². The van der Waals surface area contributed by atoms with Gasteiger partial charge in [0, 0.05) is 25.1 Å². The van der Waals surface area contributed by atoms with Crippen LogP contribution in [0.25, 0.3) is 0 Å². The van der Waals surface area contributed by atoms with Gasteiger partial charge in [-0.1, -0.05) is 47.1 Å². The standard InChI is InChI=1S/C21H20Cl2FN5O2S/c1-2-29-18(9-10-25-20(31)13-7-8-14(22)15(23)11-13)27-28-21(29)32-12-19(30)26-17-6-4-3-5-16(17)24/h3-8,11H,2,9-10,12H2,1H3,(H,25,31)(H,26,30). The number of nitrogens with one attached hydrogen (secondary N) is 2. The molecule has 1 heterocycles. The molecule has 168 valence electrons. The van der Waals surface area contributed by atoms with Crippen LogP contribution in [0.2, 0.25) is 10.0 Å². The number of carbonyl (C=O) groups is 2. The zero-order valence-electron chi connectivity index (χ0n) is 17.1. The van der Waals surface area contributed by atoms with Crippen molar-refractivity contribution in [3.8, 4) is 0 Å². The monoisotopic (exact) mass is 495 g/mol. The number of aromatic nitrogens is 3. The fourth-order valence-electron chi connectivity index (χ4n) is 2.83. The van der Waals surface area contributed by atoms with Crippen LogP contribution >= 0.6 is 35.0 Å². The van der Waals surface area contributed by atoms with Gasteiger partial charge in [-0.05, 0) is 37.3 Å². The van der Waals surface area contributed by atoms with Gasteiger partial charge in [0.1, 0.15) is 11.6 Å². The molecule has 0 atom stereocenters. The van der Waals surface area contributed by atoms with E-state index in [-0.39, 0.29) is 23.3 Å². The van der Waals surface area contributed by atoms with Gasteiger partial charge in [-0.15, -0.1) is 10.2 Å². The van der Waals surface area contributed by atoms with E-state index < -0.39 is 5.82 Å². The minimum atomic E-state index is -0.493. The van der Waals surface area contributed by atoms with Crippen LogP contribution in [0.15, 0.2) is 47.6 Å². The number of anilines is 1. The van der Waals surface area contributed by atoms with Gasteiger partial charge >= 0.3 is 0 Å². The van der Waals surface area contributed by atoms with E-state index in [0.717, 1.165) is 0 Å². The molecular formula is C21H20Cl2FN5O2S.